The fourth-order valence-corrected chi connectivity index (χ4v) is 3.67. The first-order valence-corrected chi connectivity index (χ1v) is 11.2. The monoisotopic (exact) mass is 494 g/mol. The van der Waals surface area contributed by atoms with Crippen molar-refractivity contribution in [3.63, 3.8) is 0 Å². The van der Waals surface area contributed by atoms with E-state index in [-0.39, 0.29) is 30.1 Å². The molecule has 1 aromatic carbocycles. The maximum Gasteiger partial charge on any atom is 0.421 e. The largest absolute Gasteiger partial charge is 0.495 e. The van der Waals surface area contributed by atoms with Crippen molar-refractivity contribution >= 4 is 29.3 Å². The zero-order valence-electron chi connectivity index (χ0n) is 19.9. The van der Waals surface area contributed by atoms with Crippen LogP contribution in [0.15, 0.2) is 24.4 Å². The summed E-state index contributed by atoms with van der Waals surface area (Å²) in [5.41, 5.74) is -0.214. The van der Waals surface area contributed by atoms with Gasteiger partial charge in [0.05, 0.1) is 12.8 Å². The molecule has 1 aromatic heterocycles. The number of methoxy groups -OCH3 is 1. The molecule has 0 spiro atoms. The Labute approximate surface area is 201 Å². The highest BCUT2D eigenvalue weighted by atomic mass is 19.4. The number of alkyl halides is 3. The third-order valence-corrected chi connectivity index (χ3v) is 5.51. The number of carbonyl (C=O) groups excluding carboxylic acids is 2. The number of aromatic nitrogens is 2. The molecule has 0 atom stereocenters. The number of piperidine rings is 1. The van der Waals surface area contributed by atoms with Crippen molar-refractivity contribution < 1.29 is 27.5 Å². The molecule has 2 aromatic rings. The lowest BCUT2D eigenvalue weighted by Crippen LogP contribution is -2.36. The van der Waals surface area contributed by atoms with Crippen molar-refractivity contribution in [3.05, 3.63) is 35.5 Å². The van der Waals surface area contributed by atoms with Gasteiger partial charge in [-0.1, -0.05) is 0 Å². The topological polar surface area (TPSA) is 99.7 Å². The summed E-state index contributed by atoms with van der Waals surface area (Å²) in [6, 6.07) is 4.66. The maximum atomic E-state index is 13.5. The molecule has 0 saturated carbocycles. The quantitative estimate of drug-likeness (QED) is 0.512. The van der Waals surface area contributed by atoms with Gasteiger partial charge in [0.1, 0.15) is 17.1 Å². The van der Waals surface area contributed by atoms with Crippen molar-refractivity contribution in [3.8, 4) is 5.75 Å². The first kappa shape index (κ1) is 26.0. The van der Waals surface area contributed by atoms with E-state index in [1.54, 1.807) is 31.1 Å². The fraction of sp³-hybridized carbons (Fsp3) is 0.478. The predicted molar refractivity (Wildman–Crippen MR) is 125 cm³/mol. The van der Waals surface area contributed by atoms with Crippen LogP contribution in [-0.4, -0.2) is 72.4 Å². The van der Waals surface area contributed by atoms with E-state index in [0.29, 0.717) is 49.1 Å². The molecule has 9 nitrogen and oxygen atoms in total. The molecule has 0 aliphatic carbocycles. The SMILES string of the molecule is COc1cc(C(=O)N(C)C)ccc1Nc1ncc(C(F)(F)F)c(NCCCN2CCCCC2=O)n1. The molecule has 3 rings (SSSR count). The van der Waals surface area contributed by atoms with Crippen LogP contribution in [-0.2, 0) is 11.0 Å². The number of carbonyl (C=O) groups is 2. The zero-order valence-corrected chi connectivity index (χ0v) is 19.9. The van der Waals surface area contributed by atoms with Crippen LogP contribution in [0.5, 0.6) is 5.75 Å². The van der Waals surface area contributed by atoms with Crippen molar-refractivity contribution in [2.24, 2.45) is 0 Å². The average Bonchev–Trinajstić information content (AvgIpc) is 2.82. The Hall–Kier alpha value is -3.57. The maximum absolute atomic E-state index is 13.5. The Kier molecular flexibility index (Phi) is 8.36. The van der Waals surface area contributed by atoms with Gasteiger partial charge in [-0.3, -0.25) is 9.59 Å². The van der Waals surface area contributed by atoms with Crippen LogP contribution in [0.1, 0.15) is 41.6 Å². The van der Waals surface area contributed by atoms with Gasteiger partial charge >= 0.3 is 6.18 Å². The van der Waals surface area contributed by atoms with E-state index in [1.807, 2.05) is 0 Å². The molecule has 1 aliphatic heterocycles. The zero-order chi connectivity index (χ0) is 25.6. The molecule has 35 heavy (non-hydrogen) atoms. The highest BCUT2D eigenvalue weighted by Crippen LogP contribution is 2.35. The molecule has 1 aliphatic rings. The summed E-state index contributed by atoms with van der Waals surface area (Å²) in [4.78, 5) is 35.1. The van der Waals surface area contributed by atoms with Gasteiger partial charge in [0, 0.05) is 51.9 Å². The second kappa shape index (κ2) is 11.2. The molecule has 0 radical (unpaired) electrons. The predicted octanol–water partition coefficient (Wildman–Crippen LogP) is 3.76. The van der Waals surface area contributed by atoms with Crippen LogP contribution in [0, 0.1) is 0 Å². The number of likely N-dealkylation sites (tertiary alicyclic amines) is 1. The molecular weight excluding hydrogens is 465 g/mol. The molecule has 0 unspecified atom stereocenters. The molecule has 190 valence electrons. The summed E-state index contributed by atoms with van der Waals surface area (Å²) in [6.07, 6.45) is -1.13. The Morgan fingerprint density at radius 3 is 2.69 bits per heavy atom. The molecular formula is C23H29F3N6O3. The Morgan fingerprint density at radius 1 is 1.26 bits per heavy atom. The van der Waals surface area contributed by atoms with Crippen LogP contribution in [0.25, 0.3) is 0 Å². The third-order valence-electron chi connectivity index (χ3n) is 5.51. The minimum Gasteiger partial charge on any atom is -0.495 e. The summed E-state index contributed by atoms with van der Waals surface area (Å²) >= 11 is 0. The first-order chi connectivity index (χ1) is 16.6. The average molecular weight is 495 g/mol. The van der Waals surface area contributed by atoms with E-state index in [2.05, 4.69) is 20.6 Å². The number of anilines is 3. The lowest BCUT2D eigenvalue weighted by molar-refractivity contribution is -0.137. The normalized spacial score (nSPS) is 14.0. The lowest BCUT2D eigenvalue weighted by atomic mass is 10.1. The summed E-state index contributed by atoms with van der Waals surface area (Å²) in [5, 5.41) is 5.59. The van der Waals surface area contributed by atoms with Gasteiger partial charge in [-0.05, 0) is 37.5 Å². The summed E-state index contributed by atoms with van der Waals surface area (Å²) in [5.74, 6) is -0.275. The van der Waals surface area contributed by atoms with E-state index < -0.39 is 11.7 Å². The summed E-state index contributed by atoms with van der Waals surface area (Å²) in [7, 11) is 4.66. The number of hydrogen-bond acceptors (Lipinski definition) is 7. The molecule has 2 heterocycles. The van der Waals surface area contributed by atoms with Gasteiger partial charge in [0.15, 0.2) is 0 Å². The van der Waals surface area contributed by atoms with Crippen LogP contribution in [0.2, 0.25) is 0 Å². The fourth-order valence-electron chi connectivity index (χ4n) is 3.67. The number of hydrogen-bond donors (Lipinski definition) is 2. The van der Waals surface area contributed by atoms with E-state index >= 15 is 0 Å². The molecule has 12 heteroatoms. The number of nitrogens with one attached hydrogen (secondary N) is 2. The lowest BCUT2D eigenvalue weighted by Gasteiger charge is -2.26. The van der Waals surface area contributed by atoms with Gasteiger partial charge in [-0.25, -0.2) is 4.98 Å². The van der Waals surface area contributed by atoms with Crippen molar-refractivity contribution in [2.45, 2.75) is 31.9 Å². The summed E-state index contributed by atoms with van der Waals surface area (Å²) in [6.45, 7) is 1.35. The Bertz CT molecular complexity index is 1060. The number of benzene rings is 1. The number of ether oxygens (including phenoxy) is 1. The molecule has 2 amide bonds. The second-order valence-electron chi connectivity index (χ2n) is 8.31. The van der Waals surface area contributed by atoms with E-state index in [0.717, 1.165) is 12.8 Å². The Morgan fingerprint density at radius 2 is 2.03 bits per heavy atom. The molecule has 1 fully saturated rings. The van der Waals surface area contributed by atoms with Crippen LogP contribution in [0.4, 0.5) is 30.6 Å². The van der Waals surface area contributed by atoms with Crippen LogP contribution < -0.4 is 15.4 Å². The molecule has 2 N–H and O–H groups in total. The minimum absolute atomic E-state index is 0.0725. The second-order valence-corrected chi connectivity index (χ2v) is 8.31. The molecule has 0 bridgehead atoms. The summed E-state index contributed by atoms with van der Waals surface area (Å²) < 4.78 is 45.9. The minimum atomic E-state index is -4.64. The van der Waals surface area contributed by atoms with Gasteiger partial charge in [0.25, 0.3) is 5.91 Å². The third kappa shape index (κ3) is 6.74. The number of amides is 2. The highest BCUT2D eigenvalue weighted by Gasteiger charge is 2.35. The van der Waals surface area contributed by atoms with E-state index in [4.69, 9.17) is 4.74 Å². The molecule has 1 saturated heterocycles. The van der Waals surface area contributed by atoms with Gasteiger partial charge in [-0.2, -0.15) is 18.2 Å². The van der Waals surface area contributed by atoms with E-state index in [1.165, 1.54) is 18.1 Å². The Balaban J connectivity index is 1.74. The van der Waals surface area contributed by atoms with Crippen molar-refractivity contribution in [1.82, 2.24) is 19.8 Å². The van der Waals surface area contributed by atoms with Crippen LogP contribution >= 0.6 is 0 Å². The van der Waals surface area contributed by atoms with Crippen LogP contribution in [0.3, 0.4) is 0 Å². The number of nitrogens with zero attached hydrogens (tertiary/aromatic N) is 4. The highest BCUT2D eigenvalue weighted by molar-refractivity contribution is 5.95. The smallest absolute Gasteiger partial charge is 0.421 e. The number of halogens is 3. The van der Waals surface area contributed by atoms with Gasteiger partial charge < -0.3 is 25.2 Å². The van der Waals surface area contributed by atoms with E-state index in [9.17, 15) is 22.8 Å². The van der Waals surface area contributed by atoms with Crippen molar-refractivity contribution in [1.29, 1.82) is 0 Å². The van der Waals surface area contributed by atoms with Gasteiger partial charge in [-0.15, -0.1) is 0 Å². The first-order valence-electron chi connectivity index (χ1n) is 11.2. The van der Waals surface area contributed by atoms with Crippen molar-refractivity contribution in [2.75, 3.05) is 51.5 Å². The van der Waals surface area contributed by atoms with Gasteiger partial charge in [0.2, 0.25) is 11.9 Å². The standard InChI is InChI=1S/C23H29F3N6O3/c1-31(2)21(34)15-8-9-17(18(13-15)35-3)29-22-28-14-16(23(24,25)26)20(30-22)27-10-6-12-32-11-5-4-7-19(32)33/h8-9,13-14H,4-7,10-12H2,1-3H3,(H2,27,28,29,30). The number of rotatable bonds is 9.